The van der Waals surface area contributed by atoms with E-state index in [2.05, 4.69) is 4.98 Å². The van der Waals surface area contributed by atoms with E-state index >= 15 is 0 Å². The molecule has 3 heteroatoms. The molecule has 0 radical (unpaired) electrons. The number of nitrogens with zero attached hydrogens (tertiary/aromatic N) is 1. The zero-order valence-corrected chi connectivity index (χ0v) is 10.2. The molecule has 3 rings (SSSR count). The fourth-order valence-electron chi connectivity index (χ4n) is 2.04. The fraction of sp³-hybridized carbons (Fsp3) is 0. The number of hydrogen-bond acceptors (Lipinski definition) is 2. The maximum Gasteiger partial charge on any atom is 0.134 e. The summed E-state index contributed by atoms with van der Waals surface area (Å²) in [6.45, 7) is 0. The van der Waals surface area contributed by atoms with Crippen LogP contribution in [0.5, 0.6) is 5.75 Å². The molecule has 2 nitrogen and oxygen atoms in total. The molecule has 0 atom stereocenters. The average molecular weight is 256 g/mol. The molecule has 88 valence electrons. The lowest BCUT2D eigenvalue weighted by Crippen LogP contribution is -1.83. The number of aromatic nitrogens is 1. The van der Waals surface area contributed by atoms with Gasteiger partial charge in [-0.05, 0) is 35.4 Å². The van der Waals surface area contributed by atoms with Crippen molar-refractivity contribution in [2.45, 2.75) is 0 Å². The second-order valence-corrected chi connectivity index (χ2v) is 4.45. The second kappa shape index (κ2) is 4.31. The number of hydrogen-bond donors (Lipinski definition) is 1. The first-order valence-electron chi connectivity index (χ1n) is 5.58. The molecule has 0 aliphatic heterocycles. The first kappa shape index (κ1) is 11.1. The van der Waals surface area contributed by atoms with Crippen molar-refractivity contribution in [1.29, 1.82) is 0 Å². The van der Waals surface area contributed by atoms with Crippen LogP contribution in [0.1, 0.15) is 0 Å². The zero-order chi connectivity index (χ0) is 12.5. The van der Waals surface area contributed by atoms with Crippen molar-refractivity contribution in [2.24, 2.45) is 0 Å². The third kappa shape index (κ3) is 1.81. The number of aromatic hydroxyl groups is 1. The lowest BCUT2D eigenvalue weighted by atomic mass is 10.0. The summed E-state index contributed by atoms with van der Waals surface area (Å²) in [5, 5.41) is 11.1. The molecule has 0 fully saturated rings. The summed E-state index contributed by atoms with van der Waals surface area (Å²) in [4.78, 5) is 4.32. The molecule has 0 spiro atoms. The highest BCUT2D eigenvalue weighted by Crippen LogP contribution is 2.32. The molecule has 0 bridgehead atoms. The summed E-state index contributed by atoms with van der Waals surface area (Å²) in [6.07, 6.45) is 1.77. The minimum Gasteiger partial charge on any atom is -0.506 e. The zero-order valence-electron chi connectivity index (χ0n) is 9.47. The number of phenolic OH excluding ortho intramolecular Hbond substituents is 1. The van der Waals surface area contributed by atoms with Gasteiger partial charge in [0.2, 0.25) is 0 Å². The van der Waals surface area contributed by atoms with E-state index in [1.165, 1.54) is 0 Å². The minimum atomic E-state index is 0.0926. The van der Waals surface area contributed by atoms with E-state index < -0.39 is 0 Å². The van der Waals surface area contributed by atoms with Gasteiger partial charge >= 0.3 is 0 Å². The molecule has 1 heterocycles. The maximum atomic E-state index is 9.69. The summed E-state index contributed by atoms with van der Waals surface area (Å²) >= 11 is 5.82. The summed E-state index contributed by atoms with van der Waals surface area (Å²) in [6, 6.07) is 15.1. The Balaban J connectivity index is 2.28. The molecule has 1 N–H and O–H groups in total. The molecule has 1 aromatic heterocycles. The Morgan fingerprint density at radius 2 is 1.89 bits per heavy atom. The molecule has 0 aliphatic rings. The van der Waals surface area contributed by atoms with Crippen molar-refractivity contribution in [2.75, 3.05) is 0 Å². The molecular formula is C15H10ClNO. The van der Waals surface area contributed by atoms with E-state index in [-0.39, 0.29) is 5.75 Å². The molecule has 18 heavy (non-hydrogen) atoms. The summed E-state index contributed by atoms with van der Waals surface area (Å²) in [7, 11) is 0. The van der Waals surface area contributed by atoms with Crippen molar-refractivity contribution in [1.82, 2.24) is 4.98 Å². The van der Waals surface area contributed by atoms with Gasteiger partial charge in [0.1, 0.15) is 5.75 Å². The average Bonchev–Trinajstić information content (AvgIpc) is 2.41. The fourth-order valence-corrected chi connectivity index (χ4v) is 2.15. The van der Waals surface area contributed by atoms with Crippen LogP contribution in [0.2, 0.25) is 5.02 Å². The number of rotatable bonds is 1. The minimum absolute atomic E-state index is 0.0926. The van der Waals surface area contributed by atoms with Gasteiger partial charge in [-0.2, -0.15) is 0 Å². The normalized spacial score (nSPS) is 10.7. The van der Waals surface area contributed by atoms with Crippen molar-refractivity contribution in [3.63, 3.8) is 0 Å². The predicted molar refractivity (Wildman–Crippen MR) is 73.9 cm³/mol. The second-order valence-electron chi connectivity index (χ2n) is 4.04. The molecule has 0 aliphatic carbocycles. The highest BCUT2D eigenvalue weighted by atomic mass is 35.5. The van der Waals surface area contributed by atoms with Crippen LogP contribution < -0.4 is 0 Å². The molecule has 0 saturated carbocycles. The van der Waals surface area contributed by atoms with Crippen molar-refractivity contribution >= 4 is 22.5 Å². The van der Waals surface area contributed by atoms with Gasteiger partial charge in [0, 0.05) is 11.6 Å². The molecule has 0 amide bonds. The molecule has 3 aromatic rings. The Morgan fingerprint density at radius 1 is 1.00 bits per heavy atom. The molecule has 0 unspecified atom stereocenters. The van der Waals surface area contributed by atoms with Gasteiger partial charge in [0.15, 0.2) is 0 Å². The maximum absolute atomic E-state index is 9.69. The summed E-state index contributed by atoms with van der Waals surface area (Å²) in [5.41, 5.74) is 2.90. The Bertz CT molecular complexity index is 719. The van der Waals surface area contributed by atoms with Crippen molar-refractivity contribution in [3.05, 3.63) is 59.8 Å². The lowest BCUT2D eigenvalue weighted by Gasteiger charge is -2.07. The quantitative estimate of drug-likeness (QED) is 0.705. The van der Waals surface area contributed by atoms with Crippen molar-refractivity contribution in [3.8, 4) is 16.9 Å². The van der Waals surface area contributed by atoms with Crippen LogP contribution in [0, 0.1) is 0 Å². The van der Waals surface area contributed by atoms with Gasteiger partial charge in [-0.25, -0.2) is 0 Å². The third-order valence-electron chi connectivity index (χ3n) is 2.90. The molecular weight excluding hydrogens is 246 g/mol. The Morgan fingerprint density at radius 3 is 2.72 bits per heavy atom. The predicted octanol–water partition coefficient (Wildman–Crippen LogP) is 4.26. The van der Waals surface area contributed by atoms with Crippen LogP contribution in [0.3, 0.4) is 0 Å². The van der Waals surface area contributed by atoms with E-state index in [1.807, 2.05) is 36.4 Å². The van der Waals surface area contributed by atoms with Crippen molar-refractivity contribution < 1.29 is 5.11 Å². The van der Waals surface area contributed by atoms with E-state index in [9.17, 15) is 5.11 Å². The first-order chi connectivity index (χ1) is 8.75. The van der Waals surface area contributed by atoms with Crippen LogP contribution in [0.25, 0.3) is 22.0 Å². The Kier molecular flexibility index (Phi) is 2.65. The Hall–Kier alpha value is -2.06. The topological polar surface area (TPSA) is 33.1 Å². The van der Waals surface area contributed by atoms with Gasteiger partial charge in [-0.1, -0.05) is 35.9 Å². The number of benzene rings is 2. The van der Waals surface area contributed by atoms with Crippen LogP contribution in [-0.4, -0.2) is 10.1 Å². The SMILES string of the molecule is Oc1cc(-c2cccc3ncccc23)ccc1Cl. The number of fused-ring (bicyclic) bond motifs is 1. The highest BCUT2D eigenvalue weighted by molar-refractivity contribution is 6.32. The van der Waals surface area contributed by atoms with Gasteiger partial charge in [0.05, 0.1) is 10.5 Å². The summed E-state index contributed by atoms with van der Waals surface area (Å²) in [5.74, 6) is 0.0926. The van der Waals surface area contributed by atoms with Crippen LogP contribution in [0.15, 0.2) is 54.7 Å². The van der Waals surface area contributed by atoms with Crippen LogP contribution >= 0.6 is 11.6 Å². The van der Waals surface area contributed by atoms with Crippen LogP contribution in [-0.2, 0) is 0 Å². The van der Waals surface area contributed by atoms with Gasteiger partial charge in [-0.3, -0.25) is 4.98 Å². The number of pyridine rings is 1. The number of halogens is 1. The Labute approximate surface area is 109 Å². The third-order valence-corrected chi connectivity index (χ3v) is 3.22. The van der Waals surface area contributed by atoms with E-state index in [1.54, 1.807) is 18.3 Å². The van der Waals surface area contributed by atoms with E-state index in [0.717, 1.165) is 22.0 Å². The smallest absolute Gasteiger partial charge is 0.134 e. The number of phenols is 1. The van der Waals surface area contributed by atoms with Crippen LogP contribution in [0.4, 0.5) is 0 Å². The molecule has 2 aromatic carbocycles. The van der Waals surface area contributed by atoms with E-state index in [4.69, 9.17) is 11.6 Å². The highest BCUT2D eigenvalue weighted by Gasteiger charge is 2.06. The van der Waals surface area contributed by atoms with Gasteiger partial charge < -0.3 is 5.11 Å². The van der Waals surface area contributed by atoms with E-state index in [0.29, 0.717) is 5.02 Å². The van der Waals surface area contributed by atoms with Gasteiger partial charge in [-0.15, -0.1) is 0 Å². The molecule has 0 saturated heterocycles. The standard InChI is InChI=1S/C15H10ClNO/c16-13-7-6-10(9-15(13)18)11-3-1-5-14-12(11)4-2-8-17-14/h1-9,18H. The lowest BCUT2D eigenvalue weighted by molar-refractivity contribution is 0.476. The largest absolute Gasteiger partial charge is 0.506 e. The monoisotopic (exact) mass is 255 g/mol. The van der Waals surface area contributed by atoms with Gasteiger partial charge in [0.25, 0.3) is 0 Å². The first-order valence-corrected chi connectivity index (χ1v) is 5.96. The summed E-state index contributed by atoms with van der Waals surface area (Å²) < 4.78 is 0.